The van der Waals surface area contributed by atoms with Crippen LogP contribution in [0.1, 0.15) is 26.5 Å². The quantitative estimate of drug-likeness (QED) is 0.405. The van der Waals surface area contributed by atoms with Crippen molar-refractivity contribution in [3.63, 3.8) is 0 Å². The Labute approximate surface area is 209 Å². The molecule has 0 saturated heterocycles. The molecule has 0 aliphatic rings. The third-order valence-corrected chi connectivity index (χ3v) is 5.35. The van der Waals surface area contributed by atoms with Gasteiger partial charge in [0, 0.05) is 37.1 Å². The summed E-state index contributed by atoms with van der Waals surface area (Å²) in [5, 5.41) is 9.47. The van der Waals surface area contributed by atoms with Crippen LogP contribution in [-0.2, 0) is 0 Å². The van der Waals surface area contributed by atoms with Gasteiger partial charge in [-0.05, 0) is 42.8 Å². The molecule has 0 atom stereocenters. The number of rotatable bonds is 6. The lowest BCUT2D eigenvalue weighted by Gasteiger charge is -2.12. The molecule has 4 rings (SSSR count). The van der Waals surface area contributed by atoms with E-state index >= 15 is 0 Å². The molecule has 0 fully saturated rings. The topological polar surface area (TPSA) is 115 Å². The number of pyridine rings is 1. The first-order valence-corrected chi connectivity index (χ1v) is 11.0. The molecule has 2 amide bonds. The Hall–Kier alpha value is -4.57. The van der Waals surface area contributed by atoms with Crippen LogP contribution in [0.25, 0.3) is 5.69 Å². The summed E-state index contributed by atoms with van der Waals surface area (Å²) in [7, 11) is 1.46. The Morgan fingerprint density at radius 1 is 1.06 bits per heavy atom. The van der Waals surface area contributed by atoms with Crippen molar-refractivity contribution in [2.75, 3.05) is 12.4 Å². The largest absolute Gasteiger partial charge is 0.454 e. The Morgan fingerprint density at radius 2 is 1.83 bits per heavy atom. The van der Waals surface area contributed by atoms with Gasteiger partial charge in [-0.3, -0.25) is 19.4 Å². The monoisotopic (exact) mass is 507 g/mol. The highest BCUT2D eigenvalue weighted by Crippen LogP contribution is 2.27. The molecule has 36 heavy (non-hydrogen) atoms. The van der Waals surface area contributed by atoms with Gasteiger partial charge in [-0.1, -0.05) is 23.7 Å². The number of aryl methyl sites for hydroxylation is 1. The van der Waals surface area contributed by atoms with E-state index in [2.05, 4.69) is 20.7 Å². The number of carbonyl (C=O) groups excluding carboxylic acids is 2. The highest BCUT2D eigenvalue weighted by atomic mass is 35.5. The van der Waals surface area contributed by atoms with E-state index in [9.17, 15) is 18.8 Å². The molecule has 2 N–H and O–H groups in total. The van der Waals surface area contributed by atoms with Crippen molar-refractivity contribution in [3.05, 3.63) is 105 Å². The SMILES string of the molecule is CNC(=O)c1cc(Oc2ccc(NC(=O)c3nn(-c4ccccc4Cl)c(=O)cc3C)cc2F)ccn1. The normalized spacial score (nSPS) is 10.6. The van der Waals surface area contributed by atoms with Gasteiger partial charge in [0.15, 0.2) is 17.3 Å². The predicted octanol–water partition coefficient (Wildman–Crippen LogP) is 4.13. The minimum absolute atomic E-state index is 0.0335. The van der Waals surface area contributed by atoms with Crippen LogP contribution in [0.3, 0.4) is 0 Å². The van der Waals surface area contributed by atoms with Gasteiger partial charge < -0.3 is 15.4 Å². The Morgan fingerprint density at radius 3 is 2.56 bits per heavy atom. The Balaban J connectivity index is 1.56. The van der Waals surface area contributed by atoms with Crippen LogP contribution in [0.5, 0.6) is 11.5 Å². The number of anilines is 1. The van der Waals surface area contributed by atoms with E-state index in [1.54, 1.807) is 31.2 Å². The fraction of sp³-hybridized carbons (Fsp3) is 0.0800. The van der Waals surface area contributed by atoms with Crippen molar-refractivity contribution in [1.29, 1.82) is 0 Å². The molecular weight excluding hydrogens is 489 g/mol. The lowest BCUT2D eigenvalue weighted by molar-refractivity contribution is 0.0956. The predicted molar refractivity (Wildman–Crippen MR) is 132 cm³/mol. The molecule has 4 aromatic rings. The molecule has 2 heterocycles. The second-order valence-corrected chi connectivity index (χ2v) is 7.94. The van der Waals surface area contributed by atoms with E-state index in [4.69, 9.17) is 16.3 Å². The maximum atomic E-state index is 14.7. The number of hydrogen-bond donors (Lipinski definition) is 2. The van der Waals surface area contributed by atoms with Crippen LogP contribution < -0.4 is 20.9 Å². The van der Waals surface area contributed by atoms with Crippen molar-refractivity contribution < 1.29 is 18.7 Å². The second-order valence-electron chi connectivity index (χ2n) is 7.53. The lowest BCUT2D eigenvalue weighted by Crippen LogP contribution is -2.26. The maximum absolute atomic E-state index is 14.7. The smallest absolute Gasteiger partial charge is 0.276 e. The molecule has 2 aromatic carbocycles. The number of nitrogens with zero attached hydrogens (tertiary/aromatic N) is 3. The Bertz CT molecular complexity index is 1540. The van der Waals surface area contributed by atoms with Gasteiger partial charge in [0.05, 0.1) is 10.7 Å². The van der Waals surface area contributed by atoms with Gasteiger partial charge in [-0.25, -0.2) is 4.39 Å². The number of amides is 2. The number of halogens is 2. The number of carbonyl (C=O) groups is 2. The van der Waals surface area contributed by atoms with Crippen molar-refractivity contribution >= 4 is 29.1 Å². The highest BCUT2D eigenvalue weighted by Gasteiger charge is 2.17. The summed E-state index contributed by atoms with van der Waals surface area (Å²) in [4.78, 5) is 41.0. The molecule has 0 radical (unpaired) electrons. The molecule has 0 aliphatic heterocycles. The lowest BCUT2D eigenvalue weighted by atomic mass is 10.2. The van der Waals surface area contributed by atoms with E-state index < -0.39 is 23.2 Å². The van der Waals surface area contributed by atoms with Crippen molar-refractivity contribution in [1.82, 2.24) is 20.1 Å². The fourth-order valence-electron chi connectivity index (χ4n) is 3.27. The van der Waals surface area contributed by atoms with Crippen LogP contribution in [-0.4, -0.2) is 33.6 Å². The summed E-state index contributed by atoms with van der Waals surface area (Å²) in [5.41, 5.74) is 0.420. The number of aromatic nitrogens is 3. The van der Waals surface area contributed by atoms with Crippen LogP contribution in [0.15, 0.2) is 71.7 Å². The summed E-state index contributed by atoms with van der Waals surface area (Å²) in [6.07, 6.45) is 1.36. The molecule has 0 saturated carbocycles. The molecule has 2 aromatic heterocycles. The third-order valence-electron chi connectivity index (χ3n) is 5.03. The average Bonchev–Trinajstić information content (AvgIpc) is 2.86. The molecule has 0 unspecified atom stereocenters. The van der Waals surface area contributed by atoms with E-state index in [1.807, 2.05) is 0 Å². The van der Waals surface area contributed by atoms with E-state index in [-0.39, 0.29) is 33.6 Å². The van der Waals surface area contributed by atoms with Gasteiger partial charge in [0.25, 0.3) is 17.4 Å². The van der Waals surface area contributed by atoms with Crippen LogP contribution in [0.2, 0.25) is 5.02 Å². The summed E-state index contributed by atoms with van der Waals surface area (Å²) >= 11 is 6.18. The second kappa shape index (κ2) is 10.4. The molecule has 11 heteroatoms. The van der Waals surface area contributed by atoms with Gasteiger partial charge in [0.2, 0.25) is 0 Å². The standard InChI is InChI=1S/C25H19ClFN5O4/c1-14-11-22(33)32(20-6-4-3-5-17(20)26)31-23(14)25(35)30-15-7-8-21(18(27)12-15)36-16-9-10-29-19(13-16)24(34)28-2/h3-13H,1-2H3,(H,28,34)(H,30,35). The van der Waals surface area contributed by atoms with Gasteiger partial charge >= 0.3 is 0 Å². The molecule has 0 bridgehead atoms. The minimum atomic E-state index is -0.753. The summed E-state index contributed by atoms with van der Waals surface area (Å²) in [6, 6.07) is 14.6. The molecule has 0 aliphatic carbocycles. The van der Waals surface area contributed by atoms with Gasteiger partial charge in [-0.15, -0.1) is 0 Å². The van der Waals surface area contributed by atoms with E-state index in [1.165, 1.54) is 43.6 Å². The van der Waals surface area contributed by atoms with Gasteiger partial charge in [0.1, 0.15) is 11.4 Å². The van der Waals surface area contributed by atoms with Crippen LogP contribution >= 0.6 is 11.6 Å². The van der Waals surface area contributed by atoms with E-state index in [0.717, 1.165) is 10.7 Å². The molecule has 182 valence electrons. The maximum Gasteiger partial charge on any atom is 0.276 e. The highest BCUT2D eigenvalue weighted by molar-refractivity contribution is 6.32. The Kier molecular flexibility index (Phi) is 7.07. The first kappa shape index (κ1) is 24.6. The van der Waals surface area contributed by atoms with Crippen molar-refractivity contribution in [2.24, 2.45) is 0 Å². The first-order chi connectivity index (χ1) is 17.3. The van der Waals surface area contributed by atoms with E-state index in [0.29, 0.717) is 11.3 Å². The fourth-order valence-corrected chi connectivity index (χ4v) is 3.48. The molecule has 9 nitrogen and oxygen atoms in total. The van der Waals surface area contributed by atoms with Crippen LogP contribution in [0, 0.1) is 12.7 Å². The number of para-hydroxylation sites is 1. The number of ether oxygens (including phenoxy) is 1. The zero-order valence-corrected chi connectivity index (χ0v) is 19.8. The van der Waals surface area contributed by atoms with Crippen LogP contribution in [0.4, 0.5) is 10.1 Å². The molecule has 0 spiro atoms. The zero-order chi connectivity index (χ0) is 25.8. The number of hydrogen-bond acceptors (Lipinski definition) is 6. The third kappa shape index (κ3) is 5.23. The average molecular weight is 508 g/mol. The molecular formula is C25H19ClFN5O4. The summed E-state index contributed by atoms with van der Waals surface area (Å²) in [6.45, 7) is 1.57. The summed E-state index contributed by atoms with van der Waals surface area (Å²) in [5.74, 6) is -1.73. The summed E-state index contributed by atoms with van der Waals surface area (Å²) < 4.78 is 21.3. The number of benzene rings is 2. The first-order valence-electron chi connectivity index (χ1n) is 10.6. The van der Waals surface area contributed by atoms with Crippen molar-refractivity contribution in [2.45, 2.75) is 6.92 Å². The minimum Gasteiger partial charge on any atom is -0.454 e. The van der Waals surface area contributed by atoms with Crippen molar-refractivity contribution in [3.8, 4) is 17.2 Å². The number of nitrogens with one attached hydrogen (secondary N) is 2. The zero-order valence-electron chi connectivity index (χ0n) is 19.1. The van der Waals surface area contributed by atoms with Gasteiger partial charge in [-0.2, -0.15) is 9.78 Å².